The fourth-order valence-electron chi connectivity index (χ4n) is 3.83. The molecule has 2 heterocycles. The predicted molar refractivity (Wildman–Crippen MR) is 91.9 cm³/mol. The first kappa shape index (κ1) is 17.2. The first-order chi connectivity index (χ1) is 9.96. The third-order valence-electron chi connectivity index (χ3n) is 5.29. The molecule has 0 aromatic carbocycles. The lowest BCUT2D eigenvalue weighted by Crippen LogP contribution is -2.50. The van der Waals surface area contributed by atoms with E-state index in [2.05, 4.69) is 42.9 Å². The molecule has 0 bridgehead atoms. The van der Waals surface area contributed by atoms with E-state index in [1.807, 2.05) is 0 Å². The van der Waals surface area contributed by atoms with Crippen LogP contribution in [0, 0.1) is 0 Å². The molecule has 0 spiro atoms. The average Bonchev–Trinajstić information content (AvgIpc) is 2.44. The first-order valence-electron chi connectivity index (χ1n) is 9.15. The van der Waals surface area contributed by atoms with Crippen molar-refractivity contribution in [2.45, 2.75) is 83.3 Å². The van der Waals surface area contributed by atoms with E-state index in [1.54, 1.807) is 0 Å². The largest absolute Gasteiger partial charge is 0.311 e. The molecule has 0 radical (unpaired) electrons. The van der Waals surface area contributed by atoms with Gasteiger partial charge in [-0.05, 0) is 79.6 Å². The van der Waals surface area contributed by atoms with E-state index < -0.39 is 0 Å². The molecule has 0 aromatic rings. The molecule has 2 fully saturated rings. The smallest absolute Gasteiger partial charge is 0.0220 e. The molecular weight excluding hydrogens is 258 g/mol. The van der Waals surface area contributed by atoms with Crippen LogP contribution in [-0.4, -0.2) is 60.6 Å². The van der Waals surface area contributed by atoms with Gasteiger partial charge < -0.3 is 10.2 Å². The summed E-state index contributed by atoms with van der Waals surface area (Å²) in [6.07, 6.45) is 9.79. The minimum absolute atomic E-state index is 0.243. The summed E-state index contributed by atoms with van der Waals surface area (Å²) in [5.74, 6) is 0. The summed E-state index contributed by atoms with van der Waals surface area (Å²) < 4.78 is 0. The van der Waals surface area contributed by atoms with Gasteiger partial charge in [0, 0.05) is 24.2 Å². The van der Waals surface area contributed by atoms with E-state index in [1.165, 1.54) is 64.6 Å². The van der Waals surface area contributed by atoms with Gasteiger partial charge in [-0.15, -0.1) is 0 Å². The zero-order valence-corrected chi connectivity index (χ0v) is 14.8. The number of piperidine rings is 2. The van der Waals surface area contributed by atoms with Crippen molar-refractivity contribution in [2.75, 3.05) is 33.2 Å². The fraction of sp³-hybridized carbons (Fsp3) is 1.00. The summed E-state index contributed by atoms with van der Waals surface area (Å²) >= 11 is 0. The van der Waals surface area contributed by atoms with Crippen LogP contribution >= 0.6 is 0 Å². The number of nitrogens with zero attached hydrogens (tertiary/aromatic N) is 2. The maximum Gasteiger partial charge on any atom is 0.0220 e. The van der Waals surface area contributed by atoms with Crippen LogP contribution < -0.4 is 5.32 Å². The van der Waals surface area contributed by atoms with Crippen LogP contribution in [0.25, 0.3) is 0 Å². The number of likely N-dealkylation sites (tertiary alicyclic amines) is 2. The SMILES string of the molecule is CN1CCCCC1CCN1CCCCC1CNC(C)(C)C. The van der Waals surface area contributed by atoms with Gasteiger partial charge in [0.1, 0.15) is 0 Å². The summed E-state index contributed by atoms with van der Waals surface area (Å²) in [6.45, 7) is 11.9. The van der Waals surface area contributed by atoms with Gasteiger partial charge in [-0.2, -0.15) is 0 Å². The molecule has 2 atom stereocenters. The second-order valence-electron chi connectivity index (χ2n) is 8.24. The van der Waals surface area contributed by atoms with Gasteiger partial charge in [0.05, 0.1) is 0 Å². The van der Waals surface area contributed by atoms with Gasteiger partial charge in [-0.25, -0.2) is 0 Å². The zero-order chi connectivity index (χ0) is 15.3. The van der Waals surface area contributed by atoms with Crippen molar-refractivity contribution in [3.8, 4) is 0 Å². The molecule has 0 aliphatic carbocycles. The van der Waals surface area contributed by atoms with Crippen molar-refractivity contribution in [1.29, 1.82) is 0 Å². The first-order valence-corrected chi connectivity index (χ1v) is 9.15. The van der Waals surface area contributed by atoms with Crippen molar-refractivity contribution < 1.29 is 0 Å². The summed E-state index contributed by atoms with van der Waals surface area (Å²) in [4.78, 5) is 5.36. The van der Waals surface area contributed by atoms with Gasteiger partial charge in [0.25, 0.3) is 0 Å². The van der Waals surface area contributed by atoms with E-state index in [4.69, 9.17) is 0 Å². The van der Waals surface area contributed by atoms with Crippen molar-refractivity contribution in [3.63, 3.8) is 0 Å². The van der Waals surface area contributed by atoms with Crippen molar-refractivity contribution >= 4 is 0 Å². The molecule has 3 heteroatoms. The molecule has 0 amide bonds. The second kappa shape index (κ2) is 7.94. The maximum absolute atomic E-state index is 3.72. The number of rotatable bonds is 5. The Morgan fingerprint density at radius 3 is 2.29 bits per heavy atom. The zero-order valence-electron chi connectivity index (χ0n) is 14.8. The highest BCUT2D eigenvalue weighted by atomic mass is 15.2. The molecule has 2 aliphatic heterocycles. The Hall–Kier alpha value is -0.120. The molecule has 2 aliphatic rings. The van der Waals surface area contributed by atoms with Crippen molar-refractivity contribution in [3.05, 3.63) is 0 Å². The highest BCUT2D eigenvalue weighted by Crippen LogP contribution is 2.21. The Kier molecular flexibility index (Phi) is 6.51. The van der Waals surface area contributed by atoms with Crippen LogP contribution in [0.4, 0.5) is 0 Å². The molecule has 21 heavy (non-hydrogen) atoms. The van der Waals surface area contributed by atoms with Crippen molar-refractivity contribution in [2.24, 2.45) is 0 Å². The second-order valence-corrected chi connectivity index (χ2v) is 8.24. The van der Waals surface area contributed by atoms with Crippen molar-refractivity contribution in [1.82, 2.24) is 15.1 Å². The maximum atomic E-state index is 3.72. The summed E-state index contributed by atoms with van der Waals surface area (Å²) in [7, 11) is 2.32. The number of nitrogens with one attached hydrogen (secondary N) is 1. The van der Waals surface area contributed by atoms with E-state index in [-0.39, 0.29) is 5.54 Å². The van der Waals surface area contributed by atoms with Crippen LogP contribution in [0.3, 0.4) is 0 Å². The Bertz CT molecular complexity index is 297. The Balaban J connectivity index is 1.78. The number of hydrogen-bond acceptors (Lipinski definition) is 3. The van der Waals surface area contributed by atoms with Crippen LogP contribution in [0.1, 0.15) is 65.7 Å². The molecule has 2 saturated heterocycles. The molecular formula is C18H37N3. The average molecular weight is 296 g/mol. The molecule has 0 aromatic heterocycles. The standard InChI is InChI=1S/C18H37N3/c1-18(2,3)19-15-17-10-6-8-13-21(17)14-11-16-9-5-7-12-20(16)4/h16-17,19H,5-15H2,1-4H3. The topological polar surface area (TPSA) is 18.5 Å². The van der Waals surface area contributed by atoms with Crippen LogP contribution in [0.15, 0.2) is 0 Å². The van der Waals surface area contributed by atoms with Gasteiger partial charge in [-0.3, -0.25) is 4.90 Å². The Labute approximate surface area is 132 Å². The van der Waals surface area contributed by atoms with Gasteiger partial charge >= 0.3 is 0 Å². The van der Waals surface area contributed by atoms with E-state index in [0.717, 1.165) is 18.6 Å². The molecule has 1 N–H and O–H groups in total. The predicted octanol–water partition coefficient (Wildman–Crippen LogP) is 3.10. The molecule has 2 rings (SSSR count). The lowest BCUT2D eigenvalue weighted by molar-refractivity contribution is 0.108. The van der Waals surface area contributed by atoms with E-state index in [0.29, 0.717) is 0 Å². The Morgan fingerprint density at radius 1 is 0.952 bits per heavy atom. The van der Waals surface area contributed by atoms with E-state index in [9.17, 15) is 0 Å². The lowest BCUT2D eigenvalue weighted by Gasteiger charge is -2.40. The van der Waals surface area contributed by atoms with Crippen LogP contribution in [0.5, 0.6) is 0 Å². The summed E-state index contributed by atoms with van der Waals surface area (Å²) in [6, 6.07) is 1.59. The quantitative estimate of drug-likeness (QED) is 0.841. The van der Waals surface area contributed by atoms with Gasteiger partial charge in [0.15, 0.2) is 0 Å². The monoisotopic (exact) mass is 295 g/mol. The minimum atomic E-state index is 0.243. The van der Waals surface area contributed by atoms with Crippen LogP contribution in [-0.2, 0) is 0 Å². The fourth-order valence-corrected chi connectivity index (χ4v) is 3.83. The third kappa shape index (κ3) is 5.88. The number of hydrogen-bond donors (Lipinski definition) is 1. The normalized spacial score (nSPS) is 29.7. The van der Waals surface area contributed by atoms with E-state index >= 15 is 0 Å². The van der Waals surface area contributed by atoms with Gasteiger partial charge in [0.2, 0.25) is 0 Å². The van der Waals surface area contributed by atoms with Gasteiger partial charge in [-0.1, -0.05) is 12.8 Å². The molecule has 3 nitrogen and oxygen atoms in total. The highest BCUT2D eigenvalue weighted by Gasteiger charge is 2.25. The molecule has 2 unspecified atom stereocenters. The molecule has 0 saturated carbocycles. The molecule has 124 valence electrons. The lowest BCUT2D eigenvalue weighted by atomic mass is 9.97. The third-order valence-corrected chi connectivity index (χ3v) is 5.29. The summed E-state index contributed by atoms with van der Waals surface area (Å²) in [5.41, 5.74) is 0.243. The minimum Gasteiger partial charge on any atom is -0.311 e. The Morgan fingerprint density at radius 2 is 1.62 bits per heavy atom. The highest BCUT2D eigenvalue weighted by molar-refractivity contribution is 4.84. The summed E-state index contributed by atoms with van der Waals surface area (Å²) in [5, 5.41) is 3.72. The van der Waals surface area contributed by atoms with Crippen LogP contribution in [0.2, 0.25) is 0 Å².